The number of fused-ring (bicyclic) bond motifs is 4. The predicted octanol–water partition coefficient (Wildman–Crippen LogP) is 21.5. The third kappa shape index (κ3) is 15.6. The van der Waals surface area contributed by atoms with E-state index >= 15 is 0 Å². The normalized spacial score (nSPS) is 12.8. The number of aryl methyl sites for hydroxylation is 4. The Morgan fingerprint density at radius 3 is 1.66 bits per heavy atom. The Bertz CT molecular complexity index is 4960. The number of anilines is 2. The lowest BCUT2D eigenvalue weighted by Gasteiger charge is -2.16. The second kappa shape index (κ2) is 30.7. The van der Waals surface area contributed by atoms with Gasteiger partial charge in [-0.25, -0.2) is 17.6 Å². The maximum absolute atomic E-state index is 13.8. The minimum absolute atomic E-state index is 0.0317. The zero-order chi connectivity index (χ0) is 69.4. The molecule has 3 aromatic heterocycles. The van der Waals surface area contributed by atoms with Crippen molar-refractivity contribution in [2.75, 3.05) is 10.6 Å². The molecule has 0 bridgehead atoms. The molecule has 3 N–H and O–H groups in total. The van der Waals surface area contributed by atoms with Gasteiger partial charge in [-0.05, 0) is 176 Å². The number of halogens is 4. The van der Waals surface area contributed by atoms with Crippen LogP contribution in [0, 0.1) is 37.1 Å². The number of rotatable bonds is 18. The van der Waals surface area contributed by atoms with E-state index in [1.807, 2.05) is 88.9 Å². The number of nitrogens with one attached hydrogen (secondary N) is 2. The smallest absolute Gasteiger partial charge is 0.231 e. The number of aromatic hydroxyl groups is 1. The molecular weight excluding hydrogens is 1260 g/mol. The van der Waals surface area contributed by atoms with Crippen molar-refractivity contribution in [3.05, 3.63) is 297 Å². The minimum Gasteiger partial charge on any atom is -0.508 e. The highest BCUT2D eigenvalue weighted by Gasteiger charge is 2.28. The van der Waals surface area contributed by atoms with Gasteiger partial charge in [0.05, 0.1) is 27.3 Å². The molecule has 4 heterocycles. The van der Waals surface area contributed by atoms with Crippen LogP contribution in [0.3, 0.4) is 0 Å². The Morgan fingerprint density at radius 1 is 0.556 bits per heavy atom. The van der Waals surface area contributed by atoms with E-state index in [2.05, 4.69) is 124 Å². The Kier molecular flexibility index (Phi) is 21.3. The Morgan fingerprint density at radius 2 is 1.07 bits per heavy atom. The lowest BCUT2D eigenvalue weighted by atomic mass is 9.97. The number of carbonyl (C=O) groups is 3. The largest absolute Gasteiger partial charge is 0.508 e. The van der Waals surface area contributed by atoms with Crippen LogP contribution in [-0.4, -0.2) is 42.6 Å². The zero-order valence-electron chi connectivity index (χ0n) is 56.5. The molecule has 1 aliphatic carbocycles. The number of aromatic nitrogens is 3. The standard InChI is InChI=1S/C32H34F2N2O.C27H24N2OS.C26H23F2NO2/c1-21(2)32-27(18-22-8-4-3-5-9-22)26-15-14-25(35-24-10-6-7-11-24)20-30(26)36(32)31(37)17-13-23-12-16-28(33)29(34)19-23;1-17-9-11-20(12-10-17)13-14-26(30)29-18(2)27(21-7-5-4-6-8-21)22-15-23-25(16-24(22)29)31-19(3)28-23;1-2-24-21(14-17-6-4-3-5-7-17)20-11-10-19(30)16-25(20)29(24)26(31)13-9-18-8-12-22(27)23(28)15-18/h3-5,8-9,12,14-16,19-21,24,35H,6-7,10-11,13,17-18H2,1-2H3;4-12,15-16,28H,3,13-14H2,1-2H3;3-8,10-12,15-16,30H,2,9,13-14H2,1H3. The summed E-state index contributed by atoms with van der Waals surface area (Å²) in [7, 11) is 0. The number of carbonyl (C=O) groups excluding carboxylic acids is 3. The van der Waals surface area contributed by atoms with Gasteiger partial charge in [0.15, 0.2) is 23.3 Å². The molecule has 0 amide bonds. The molecule has 0 saturated heterocycles. The highest BCUT2D eigenvalue weighted by Crippen LogP contribution is 2.46. The summed E-state index contributed by atoms with van der Waals surface area (Å²) in [5.74, 6) is -3.40. The van der Waals surface area contributed by atoms with Gasteiger partial charge < -0.3 is 15.7 Å². The van der Waals surface area contributed by atoms with Crippen LogP contribution in [0.5, 0.6) is 5.75 Å². The first-order valence-electron chi connectivity index (χ1n) is 34.2. The number of thioether (sulfide) groups is 1. The molecule has 0 atom stereocenters. The predicted molar refractivity (Wildman–Crippen MR) is 395 cm³/mol. The number of benzene rings is 9. The van der Waals surface area contributed by atoms with Gasteiger partial charge in [-0.1, -0.05) is 191 Å². The SMILES string of the molecule is C=C1Nc2cc3c(-c4ccccc4)c(C)n(C(=O)CCc4ccc(C)cc4)c3cc2S1.CC(C)c1c(Cc2ccccc2)c2ccc(NC3CCCC3)cc2n1C(=O)CCc1ccc(F)c(F)c1.CCc1c(Cc2ccccc2)c2ccc(O)cc2n1C(=O)CCc1ccc(F)c(F)c1. The van der Waals surface area contributed by atoms with Crippen LogP contribution < -0.4 is 10.6 Å². The number of hydrogen-bond donors (Lipinski definition) is 3. The molecule has 1 saturated carbocycles. The molecular formula is C85H81F4N5O4S. The highest BCUT2D eigenvalue weighted by atomic mass is 32.2. The summed E-state index contributed by atoms with van der Waals surface area (Å²) in [6, 6.07) is 62.9. The lowest BCUT2D eigenvalue weighted by molar-refractivity contribution is 0.0896. The highest BCUT2D eigenvalue weighted by molar-refractivity contribution is 8.03. The van der Waals surface area contributed by atoms with Crippen molar-refractivity contribution in [3.63, 3.8) is 0 Å². The maximum Gasteiger partial charge on any atom is 0.231 e. The molecule has 12 aromatic rings. The van der Waals surface area contributed by atoms with Crippen molar-refractivity contribution in [2.24, 2.45) is 0 Å². The lowest BCUT2D eigenvalue weighted by Crippen LogP contribution is -2.17. The van der Waals surface area contributed by atoms with E-state index < -0.39 is 23.3 Å². The van der Waals surface area contributed by atoms with Crippen LogP contribution in [-0.2, 0) is 38.5 Å². The Labute approximate surface area is 580 Å². The molecule has 1 fully saturated rings. The van der Waals surface area contributed by atoms with Crippen LogP contribution >= 0.6 is 11.8 Å². The number of phenolic OH excluding ortho intramolecular Hbond substituents is 1. The summed E-state index contributed by atoms with van der Waals surface area (Å²) < 4.78 is 59.3. The molecule has 504 valence electrons. The van der Waals surface area contributed by atoms with Gasteiger partial charge in [0.25, 0.3) is 0 Å². The molecule has 0 radical (unpaired) electrons. The van der Waals surface area contributed by atoms with Crippen molar-refractivity contribution in [3.8, 4) is 16.9 Å². The fourth-order valence-electron chi connectivity index (χ4n) is 14.1. The van der Waals surface area contributed by atoms with Crippen molar-refractivity contribution >= 4 is 73.6 Å². The van der Waals surface area contributed by atoms with Gasteiger partial charge in [-0.15, -0.1) is 0 Å². The average molecular weight is 1340 g/mol. The summed E-state index contributed by atoms with van der Waals surface area (Å²) in [5.41, 5.74) is 18.0. The number of hydrogen-bond acceptors (Lipinski definition) is 7. The van der Waals surface area contributed by atoms with E-state index in [0.717, 1.165) is 119 Å². The van der Waals surface area contributed by atoms with E-state index in [0.29, 0.717) is 54.8 Å². The molecule has 9 aromatic carbocycles. The van der Waals surface area contributed by atoms with E-state index in [1.165, 1.54) is 60.1 Å². The van der Waals surface area contributed by atoms with Crippen LogP contribution in [0.4, 0.5) is 28.9 Å². The second-order valence-electron chi connectivity index (χ2n) is 26.2. The van der Waals surface area contributed by atoms with E-state index in [-0.39, 0.29) is 42.2 Å². The van der Waals surface area contributed by atoms with Gasteiger partial charge >= 0.3 is 0 Å². The summed E-state index contributed by atoms with van der Waals surface area (Å²) in [5, 5.41) is 21.1. The van der Waals surface area contributed by atoms with Crippen LogP contribution in [0.2, 0.25) is 0 Å². The molecule has 14 heteroatoms. The number of phenols is 1. The Balaban J connectivity index is 0.000000142. The third-order valence-corrected chi connectivity index (χ3v) is 19.8. The topological polar surface area (TPSA) is 110 Å². The fraction of sp³-hybridized carbons (Fsp3) is 0.235. The Hall–Kier alpha value is -10.2. The van der Waals surface area contributed by atoms with Crippen LogP contribution in [0.25, 0.3) is 43.8 Å². The van der Waals surface area contributed by atoms with Gasteiger partial charge in [-0.3, -0.25) is 28.1 Å². The summed E-state index contributed by atoms with van der Waals surface area (Å²) in [6.45, 7) is 14.4. The number of nitrogens with zero attached hydrogens (tertiary/aromatic N) is 3. The summed E-state index contributed by atoms with van der Waals surface area (Å²) in [6.07, 6.45) is 9.09. The van der Waals surface area contributed by atoms with Gasteiger partial charge in [0.1, 0.15) is 5.75 Å². The van der Waals surface area contributed by atoms with Crippen molar-refractivity contribution in [1.82, 2.24) is 13.7 Å². The van der Waals surface area contributed by atoms with Crippen molar-refractivity contribution < 1.29 is 37.1 Å². The molecule has 99 heavy (non-hydrogen) atoms. The van der Waals surface area contributed by atoms with Crippen molar-refractivity contribution in [2.45, 2.75) is 135 Å². The monoisotopic (exact) mass is 1340 g/mol. The third-order valence-electron chi connectivity index (χ3n) is 18.9. The molecule has 14 rings (SSSR count). The molecule has 0 spiro atoms. The van der Waals surface area contributed by atoms with Gasteiger partial charge in [0, 0.05) is 80.8 Å². The molecule has 2 aliphatic rings. The summed E-state index contributed by atoms with van der Waals surface area (Å²) >= 11 is 1.62. The first-order valence-corrected chi connectivity index (χ1v) is 35.0. The average Bonchev–Trinajstić information content (AvgIpc) is 1.61. The molecule has 9 nitrogen and oxygen atoms in total. The van der Waals surface area contributed by atoms with Crippen LogP contribution in [0.1, 0.15) is 148 Å². The van der Waals surface area contributed by atoms with Gasteiger partial charge in [-0.2, -0.15) is 0 Å². The minimum atomic E-state index is -0.916. The fourth-order valence-corrected chi connectivity index (χ4v) is 15.0. The zero-order valence-corrected chi connectivity index (χ0v) is 57.4. The summed E-state index contributed by atoms with van der Waals surface area (Å²) in [4.78, 5) is 41.6. The maximum atomic E-state index is 13.8. The first kappa shape index (κ1) is 68.7. The first-order chi connectivity index (χ1) is 47.9. The quantitative estimate of drug-likeness (QED) is 0.0734. The van der Waals surface area contributed by atoms with Crippen molar-refractivity contribution in [1.29, 1.82) is 0 Å². The molecule has 1 aliphatic heterocycles. The van der Waals surface area contributed by atoms with E-state index in [4.69, 9.17) is 0 Å². The van der Waals surface area contributed by atoms with E-state index in [1.54, 1.807) is 34.5 Å². The van der Waals surface area contributed by atoms with Crippen LogP contribution in [0.15, 0.2) is 217 Å². The molecule has 0 unspecified atom stereocenters. The van der Waals surface area contributed by atoms with Gasteiger partial charge in [0.2, 0.25) is 17.7 Å². The van der Waals surface area contributed by atoms with E-state index in [9.17, 15) is 37.1 Å². The second-order valence-corrected chi connectivity index (χ2v) is 27.3.